The Morgan fingerprint density at radius 3 is 2.37 bits per heavy atom. The van der Waals surface area contributed by atoms with E-state index in [-0.39, 0.29) is 10.6 Å². The number of phenolic OH excluding ortho intramolecular Hbond substituents is 1. The van der Waals surface area contributed by atoms with Crippen molar-refractivity contribution in [3.05, 3.63) is 54.9 Å². The highest BCUT2D eigenvalue weighted by atomic mass is 32.2. The molecule has 0 spiro atoms. The van der Waals surface area contributed by atoms with Gasteiger partial charge in [-0.15, -0.1) is 13.2 Å². The summed E-state index contributed by atoms with van der Waals surface area (Å²) >= 11 is 1.12. The lowest BCUT2D eigenvalue weighted by Gasteiger charge is -2.11. The molecule has 0 saturated carbocycles. The molecule has 0 radical (unpaired) electrons. The fraction of sp³-hybridized carbons (Fsp3) is 0.111. The molecule has 2 N–H and O–H groups in total. The zero-order chi connectivity index (χ0) is 21.9. The molecule has 3 aromatic rings. The molecule has 0 aliphatic rings. The minimum absolute atomic E-state index is 0.322. The number of aromatic hydroxyl groups is 1. The fourth-order valence-electron chi connectivity index (χ4n) is 2.41. The summed E-state index contributed by atoms with van der Waals surface area (Å²) in [5.74, 6) is -0.780. The van der Waals surface area contributed by atoms with E-state index in [2.05, 4.69) is 19.4 Å². The molecule has 0 fully saturated rings. The highest BCUT2D eigenvalue weighted by Gasteiger charge is 2.31. The SMILES string of the molecule is CNS(=O)(=O)c1cc(-c2nccnc2Sc2ccc(OC(F)(F)F)cc2)ccc1O. The minimum atomic E-state index is -4.78. The summed E-state index contributed by atoms with van der Waals surface area (Å²) < 4.78 is 67.1. The van der Waals surface area contributed by atoms with Crippen LogP contribution in [0.5, 0.6) is 11.5 Å². The first-order valence-corrected chi connectivity index (χ1v) is 10.5. The molecule has 0 bridgehead atoms. The van der Waals surface area contributed by atoms with Crippen molar-refractivity contribution in [2.45, 2.75) is 21.2 Å². The normalized spacial score (nSPS) is 12.0. The van der Waals surface area contributed by atoms with Gasteiger partial charge < -0.3 is 9.84 Å². The lowest BCUT2D eigenvalue weighted by molar-refractivity contribution is -0.274. The second kappa shape index (κ2) is 8.50. The molecule has 0 saturated heterocycles. The van der Waals surface area contributed by atoms with E-state index in [1.807, 2.05) is 0 Å². The Bertz CT molecular complexity index is 1150. The van der Waals surface area contributed by atoms with Gasteiger partial charge in [0.05, 0.1) is 0 Å². The molecule has 2 aromatic carbocycles. The van der Waals surface area contributed by atoms with Crippen molar-refractivity contribution < 1.29 is 31.4 Å². The third-order valence-corrected chi connectivity index (χ3v) is 6.17. The number of nitrogens with one attached hydrogen (secondary N) is 1. The number of alkyl halides is 3. The number of hydrogen-bond donors (Lipinski definition) is 2. The summed E-state index contributed by atoms with van der Waals surface area (Å²) in [6.45, 7) is 0. The monoisotopic (exact) mass is 457 g/mol. The van der Waals surface area contributed by atoms with Crippen LogP contribution in [0.2, 0.25) is 0 Å². The van der Waals surface area contributed by atoms with Gasteiger partial charge in [-0.1, -0.05) is 11.8 Å². The predicted octanol–water partition coefficient (Wildman–Crippen LogP) is 3.81. The van der Waals surface area contributed by atoms with Crippen LogP contribution in [-0.4, -0.2) is 36.9 Å². The van der Waals surface area contributed by atoms with Crippen molar-refractivity contribution in [3.8, 4) is 22.8 Å². The Hall–Kier alpha value is -2.83. The average molecular weight is 457 g/mol. The van der Waals surface area contributed by atoms with Crippen LogP contribution in [0.3, 0.4) is 0 Å². The van der Waals surface area contributed by atoms with Gasteiger partial charge in [-0.2, -0.15) is 0 Å². The van der Waals surface area contributed by atoms with Crippen LogP contribution in [0, 0.1) is 0 Å². The Labute approximate surface area is 174 Å². The highest BCUT2D eigenvalue weighted by molar-refractivity contribution is 7.99. The summed E-state index contributed by atoms with van der Waals surface area (Å²) in [5.41, 5.74) is 0.722. The van der Waals surface area contributed by atoms with Crippen molar-refractivity contribution in [2.75, 3.05) is 7.05 Å². The van der Waals surface area contributed by atoms with E-state index in [1.54, 1.807) is 0 Å². The van der Waals surface area contributed by atoms with E-state index in [1.165, 1.54) is 61.9 Å². The second-order valence-corrected chi connectivity index (χ2v) is 8.64. The molecular formula is C18H14F3N3O4S2. The number of hydrogen-bond acceptors (Lipinski definition) is 7. The van der Waals surface area contributed by atoms with E-state index < -0.39 is 22.1 Å². The van der Waals surface area contributed by atoms with E-state index in [0.29, 0.717) is 21.2 Å². The first-order valence-electron chi connectivity index (χ1n) is 8.20. The number of halogens is 3. The van der Waals surface area contributed by atoms with Gasteiger partial charge in [0.1, 0.15) is 27.1 Å². The van der Waals surface area contributed by atoms with Gasteiger partial charge >= 0.3 is 6.36 Å². The number of rotatable bonds is 6. The van der Waals surface area contributed by atoms with Gasteiger partial charge in [-0.25, -0.2) is 18.1 Å². The maximum atomic E-state index is 12.3. The van der Waals surface area contributed by atoms with E-state index >= 15 is 0 Å². The lowest BCUT2D eigenvalue weighted by Crippen LogP contribution is -2.18. The number of ether oxygens (including phenoxy) is 1. The molecule has 1 aromatic heterocycles. The van der Waals surface area contributed by atoms with Gasteiger partial charge in [0.2, 0.25) is 10.0 Å². The summed E-state index contributed by atoms with van der Waals surface area (Å²) in [6.07, 6.45) is -1.94. The Balaban J connectivity index is 1.93. The summed E-state index contributed by atoms with van der Waals surface area (Å²) in [5, 5.41) is 10.3. The Morgan fingerprint density at radius 1 is 1.07 bits per heavy atom. The van der Waals surface area contributed by atoms with Crippen molar-refractivity contribution >= 4 is 21.8 Å². The molecule has 3 rings (SSSR count). The fourth-order valence-corrected chi connectivity index (χ4v) is 4.13. The molecule has 7 nitrogen and oxygen atoms in total. The quantitative estimate of drug-likeness (QED) is 0.581. The highest BCUT2D eigenvalue weighted by Crippen LogP contribution is 2.36. The number of phenols is 1. The number of sulfonamides is 1. The summed E-state index contributed by atoms with van der Waals surface area (Å²) in [7, 11) is -2.69. The zero-order valence-electron chi connectivity index (χ0n) is 15.2. The van der Waals surface area contributed by atoms with Crippen LogP contribution in [0.1, 0.15) is 0 Å². The average Bonchev–Trinajstić information content (AvgIpc) is 2.69. The predicted molar refractivity (Wildman–Crippen MR) is 103 cm³/mol. The maximum Gasteiger partial charge on any atom is 0.573 e. The molecule has 30 heavy (non-hydrogen) atoms. The van der Waals surface area contributed by atoms with Crippen LogP contribution in [-0.2, 0) is 10.0 Å². The second-order valence-electron chi connectivity index (χ2n) is 5.72. The van der Waals surface area contributed by atoms with Gasteiger partial charge in [0, 0.05) is 22.9 Å². The largest absolute Gasteiger partial charge is 0.573 e. The van der Waals surface area contributed by atoms with Crippen LogP contribution in [0.4, 0.5) is 13.2 Å². The molecule has 0 amide bonds. The van der Waals surface area contributed by atoms with Gasteiger partial charge in [-0.3, -0.25) is 4.98 Å². The maximum absolute atomic E-state index is 12.3. The van der Waals surface area contributed by atoms with E-state index in [0.717, 1.165) is 11.8 Å². The number of benzene rings is 2. The molecule has 1 heterocycles. The van der Waals surface area contributed by atoms with Crippen LogP contribution in [0.15, 0.2) is 69.7 Å². The Morgan fingerprint density at radius 2 is 1.73 bits per heavy atom. The topological polar surface area (TPSA) is 101 Å². The molecule has 0 atom stereocenters. The van der Waals surface area contributed by atoms with Gasteiger partial charge in [0.15, 0.2) is 0 Å². The standard InChI is InChI=1S/C18H14F3N3O4S2/c1-22-30(26,27)15-10-11(2-7-14(15)25)16-17(24-9-8-23-16)29-13-5-3-12(4-6-13)28-18(19,20)21/h2-10,22,25H,1H3. The molecule has 12 heteroatoms. The molecule has 158 valence electrons. The van der Waals surface area contributed by atoms with Crippen molar-refractivity contribution in [3.63, 3.8) is 0 Å². The summed E-state index contributed by atoms with van der Waals surface area (Å²) in [6, 6.07) is 9.17. The van der Waals surface area contributed by atoms with E-state index in [9.17, 15) is 26.7 Å². The van der Waals surface area contributed by atoms with Crippen LogP contribution >= 0.6 is 11.8 Å². The molecule has 0 aliphatic carbocycles. The third kappa shape index (κ3) is 5.20. The smallest absolute Gasteiger partial charge is 0.507 e. The van der Waals surface area contributed by atoms with E-state index in [4.69, 9.17) is 0 Å². The van der Waals surface area contributed by atoms with Gasteiger partial charge in [-0.05, 0) is 49.5 Å². The van der Waals surface area contributed by atoms with Crippen molar-refractivity contribution in [1.29, 1.82) is 0 Å². The van der Waals surface area contributed by atoms with Crippen LogP contribution < -0.4 is 9.46 Å². The number of nitrogens with zero attached hydrogens (tertiary/aromatic N) is 2. The first-order chi connectivity index (χ1) is 14.1. The van der Waals surface area contributed by atoms with Crippen LogP contribution in [0.25, 0.3) is 11.3 Å². The van der Waals surface area contributed by atoms with Crippen molar-refractivity contribution in [1.82, 2.24) is 14.7 Å². The summed E-state index contributed by atoms with van der Waals surface area (Å²) in [4.78, 5) is 8.71. The molecular weight excluding hydrogens is 443 g/mol. The molecule has 0 unspecified atom stereocenters. The minimum Gasteiger partial charge on any atom is -0.507 e. The zero-order valence-corrected chi connectivity index (χ0v) is 16.8. The molecule has 0 aliphatic heterocycles. The van der Waals surface area contributed by atoms with Gasteiger partial charge in [0.25, 0.3) is 0 Å². The first kappa shape index (κ1) is 21.9. The van der Waals surface area contributed by atoms with Crippen molar-refractivity contribution in [2.24, 2.45) is 0 Å². The third-order valence-electron chi connectivity index (χ3n) is 3.73. The Kier molecular flexibility index (Phi) is 6.19. The lowest BCUT2D eigenvalue weighted by atomic mass is 10.1. The number of aromatic nitrogens is 2.